The zero-order valence-electron chi connectivity index (χ0n) is 8.26. The highest BCUT2D eigenvalue weighted by molar-refractivity contribution is 4.72. The van der Waals surface area contributed by atoms with Crippen LogP contribution in [0.15, 0.2) is 0 Å². The Labute approximate surface area is 79.3 Å². The Balaban J connectivity index is 0. The maximum absolute atomic E-state index is 12.4. The Hall–Kier alpha value is -0.420. The van der Waals surface area contributed by atoms with Gasteiger partial charge < -0.3 is 0 Å². The van der Waals surface area contributed by atoms with E-state index >= 15 is 0 Å². The Morgan fingerprint density at radius 2 is 1.36 bits per heavy atom. The van der Waals surface area contributed by atoms with E-state index in [9.17, 15) is 26.3 Å². The first-order valence-corrected chi connectivity index (χ1v) is 4.01. The summed E-state index contributed by atoms with van der Waals surface area (Å²) in [5, 5.41) is 0. The predicted octanol–water partition coefficient (Wildman–Crippen LogP) is 4.21. The Kier molecular flexibility index (Phi) is 7.02. The summed E-state index contributed by atoms with van der Waals surface area (Å²) in [5.74, 6) is -5.14. The third-order valence-electron chi connectivity index (χ3n) is 1.68. The van der Waals surface area contributed by atoms with E-state index in [-0.39, 0.29) is 0 Å². The quantitative estimate of drug-likeness (QED) is 0.630. The first-order valence-electron chi connectivity index (χ1n) is 4.01. The van der Waals surface area contributed by atoms with Gasteiger partial charge in [-0.15, -0.1) is 0 Å². The molecule has 1 unspecified atom stereocenters. The fraction of sp³-hybridized carbons (Fsp3) is 1.00. The van der Waals surface area contributed by atoms with Crippen LogP contribution in [0.2, 0.25) is 0 Å². The fourth-order valence-corrected chi connectivity index (χ4v) is 0.708. The second kappa shape index (κ2) is 6.14. The average Bonchev–Trinajstić information content (AvgIpc) is 2.06. The summed E-state index contributed by atoms with van der Waals surface area (Å²) < 4.78 is 69.7. The molecule has 0 aliphatic carbocycles. The number of alkyl halides is 6. The molecule has 0 fully saturated rings. The summed E-state index contributed by atoms with van der Waals surface area (Å²) in [4.78, 5) is 0. The van der Waals surface area contributed by atoms with Gasteiger partial charge in [0, 0.05) is 12.8 Å². The monoisotopic (exact) mass is 224 g/mol. The maximum Gasteiger partial charge on any atom is 0.391 e. The second-order valence-electron chi connectivity index (χ2n) is 2.86. The first kappa shape index (κ1) is 16.0. The van der Waals surface area contributed by atoms with Crippen molar-refractivity contribution < 1.29 is 26.3 Å². The topological polar surface area (TPSA) is 0 Å². The van der Waals surface area contributed by atoms with Crippen LogP contribution in [0.4, 0.5) is 26.3 Å². The van der Waals surface area contributed by atoms with Crippen LogP contribution in [0, 0.1) is 5.92 Å². The predicted molar refractivity (Wildman–Crippen MR) is 42.1 cm³/mol. The van der Waals surface area contributed by atoms with Crippen molar-refractivity contribution in [2.24, 2.45) is 5.92 Å². The van der Waals surface area contributed by atoms with Crippen molar-refractivity contribution in [1.82, 2.24) is 0 Å². The van der Waals surface area contributed by atoms with E-state index in [1.54, 1.807) is 0 Å². The minimum Gasteiger partial charge on any atom is -0.255 e. The molecule has 0 spiro atoms. The Bertz CT molecular complexity index is 139. The van der Waals surface area contributed by atoms with Crippen LogP contribution in [0.3, 0.4) is 0 Å². The third-order valence-corrected chi connectivity index (χ3v) is 1.68. The zero-order valence-corrected chi connectivity index (χ0v) is 8.26. The highest BCUT2D eigenvalue weighted by Crippen LogP contribution is 2.35. The molecule has 0 N–H and O–H groups in total. The lowest BCUT2D eigenvalue weighted by Crippen LogP contribution is -2.28. The third kappa shape index (κ3) is 7.03. The van der Waals surface area contributed by atoms with Crippen LogP contribution in [0.25, 0.3) is 0 Å². The summed E-state index contributed by atoms with van der Waals surface area (Å²) in [6.45, 7) is 1.94. The molecule has 14 heavy (non-hydrogen) atoms. The van der Waals surface area contributed by atoms with Crippen molar-refractivity contribution in [2.75, 3.05) is 7.18 Å². The van der Waals surface area contributed by atoms with Gasteiger partial charge >= 0.3 is 6.18 Å². The average molecular weight is 224 g/mol. The van der Waals surface area contributed by atoms with Crippen molar-refractivity contribution in [3.8, 4) is 0 Å². The van der Waals surface area contributed by atoms with Crippen molar-refractivity contribution in [2.45, 2.75) is 38.8 Å². The molecule has 0 aliphatic rings. The SMILES string of the molecule is CCC(F)(F)CC(C)C(F)(F)F.CF. The van der Waals surface area contributed by atoms with E-state index in [0.717, 1.165) is 6.92 Å². The Morgan fingerprint density at radius 1 is 1.00 bits per heavy atom. The molecule has 0 rings (SSSR count). The summed E-state index contributed by atoms with van der Waals surface area (Å²) in [6.07, 6.45) is -6.18. The van der Waals surface area contributed by atoms with Gasteiger partial charge in [0.25, 0.3) is 0 Å². The standard InChI is InChI=1S/C7H11F5.CH3F/c1-3-6(8,9)4-5(2)7(10,11)12;1-2/h5H,3-4H2,1-2H3;1H3. The van der Waals surface area contributed by atoms with Crippen LogP contribution in [0.1, 0.15) is 26.7 Å². The summed E-state index contributed by atoms with van der Waals surface area (Å²) in [7, 11) is 0.500. The van der Waals surface area contributed by atoms with Gasteiger partial charge in [-0.05, 0) is 0 Å². The first-order chi connectivity index (χ1) is 6.19. The molecule has 0 aromatic rings. The molecule has 0 heterocycles. The molecule has 0 aliphatic heterocycles. The highest BCUT2D eigenvalue weighted by atomic mass is 19.4. The van der Waals surface area contributed by atoms with Gasteiger partial charge in [0.05, 0.1) is 13.1 Å². The molecule has 0 nitrogen and oxygen atoms in total. The molecule has 0 aromatic carbocycles. The van der Waals surface area contributed by atoms with E-state index in [4.69, 9.17) is 0 Å². The van der Waals surface area contributed by atoms with E-state index < -0.39 is 30.9 Å². The minimum atomic E-state index is -4.52. The largest absolute Gasteiger partial charge is 0.391 e. The molecule has 1 atom stereocenters. The smallest absolute Gasteiger partial charge is 0.255 e. The van der Waals surface area contributed by atoms with Gasteiger partial charge in [0.15, 0.2) is 0 Å². The second-order valence-corrected chi connectivity index (χ2v) is 2.86. The van der Waals surface area contributed by atoms with Gasteiger partial charge in [-0.1, -0.05) is 13.8 Å². The van der Waals surface area contributed by atoms with Crippen LogP contribution in [-0.2, 0) is 0 Å². The molecule has 0 aromatic heterocycles. The van der Waals surface area contributed by atoms with Gasteiger partial charge in [-0.25, -0.2) is 8.78 Å². The summed E-state index contributed by atoms with van der Waals surface area (Å²) in [6, 6.07) is 0. The number of rotatable bonds is 3. The fourth-order valence-electron chi connectivity index (χ4n) is 0.708. The molecule has 0 saturated carbocycles. The molecule has 0 saturated heterocycles. The van der Waals surface area contributed by atoms with Crippen LogP contribution in [0.5, 0.6) is 0 Å². The molecule has 0 radical (unpaired) electrons. The van der Waals surface area contributed by atoms with E-state index in [1.165, 1.54) is 6.92 Å². The van der Waals surface area contributed by atoms with Crippen molar-refractivity contribution in [1.29, 1.82) is 0 Å². The number of hydrogen-bond donors (Lipinski definition) is 0. The Morgan fingerprint density at radius 3 is 1.57 bits per heavy atom. The number of hydrogen-bond acceptors (Lipinski definition) is 0. The molecule has 0 bridgehead atoms. The van der Waals surface area contributed by atoms with E-state index in [2.05, 4.69) is 0 Å². The van der Waals surface area contributed by atoms with Gasteiger partial charge in [-0.2, -0.15) is 13.2 Å². The maximum atomic E-state index is 12.4. The number of halogens is 6. The van der Waals surface area contributed by atoms with Crippen molar-refractivity contribution in [3.63, 3.8) is 0 Å². The zero-order chi connectivity index (χ0) is 12.0. The van der Waals surface area contributed by atoms with Gasteiger partial charge in [-0.3, -0.25) is 4.39 Å². The summed E-state index contributed by atoms with van der Waals surface area (Å²) in [5.41, 5.74) is 0. The lowest BCUT2D eigenvalue weighted by molar-refractivity contribution is -0.189. The molecule has 6 heteroatoms. The van der Waals surface area contributed by atoms with Crippen LogP contribution in [-0.4, -0.2) is 19.3 Å². The van der Waals surface area contributed by atoms with Crippen LogP contribution >= 0.6 is 0 Å². The van der Waals surface area contributed by atoms with Crippen molar-refractivity contribution in [3.05, 3.63) is 0 Å². The van der Waals surface area contributed by atoms with Gasteiger partial charge in [0.2, 0.25) is 5.92 Å². The van der Waals surface area contributed by atoms with E-state index in [0.29, 0.717) is 7.18 Å². The summed E-state index contributed by atoms with van der Waals surface area (Å²) >= 11 is 0. The van der Waals surface area contributed by atoms with Crippen LogP contribution < -0.4 is 0 Å². The molecular weight excluding hydrogens is 210 g/mol. The normalized spacial score (nSPS) is 14.4. The lowest BCUT2D eigenvalue weighted by atomic mass is 10.0. The molecule has 88 valence electrons. The molecule has 0 amide bonds. The minimum absolute atomic E-state index is 0.500. The van der Waals surface area contributed by atoms with Crippen molar-refractivity contribution >= 4 is 0 Å². The van der Waals surface area contributed by atoms with Gasteiger partial charge in [0.1, 0.15) is 0 Å². The molecular formula is C8H14F6. The van der Waals surface area contributed by atoms with E-state index in [1.807, 2.05) is 0 Å². The lowest BCUT2D eigenvalue weighted by Gasteiger charge is -2.21. The highest BCUT2D eigenvalue weighted by Gasteiger charge is 2.42.